The molecule has 0 aliphatic carbocycles. The van der Waals surface area contributed by atoms with Crippen LogP contribution in [-0.2, 0) is 4.74 Å². The van der Waals surface area contributed by atoms with Gasteiger partial charge in [-0.3, -0.25) is 9.78 Å². The predicted octanol–water partition coefficient (Wildman–Crippen LogP) is 1.97. The minimum absolute atomic E-state index is 0.170. The number of rotatable bonds is 8. The number of carbonyl (C=O) groups is 1. The van der Waals surface area contributed by atoms with Gasteiger partial charge < -0.3 is 15.2 Å². The van der Waals surface area contributed by atoms with Crippen molar-refractivity contribution in [2.45, 2.75) is 39.7 Å². The predicted molar refractivity (Wildman–Crippen MR) is 82.3 cm³/mol. The number of pyridine rings is 1. The van der Waals surface area contributed by atoms with Gasteiger partial charge in [-0.15, -0.1) is 0 Å². The Bertz CT molecular complexity index is 430. The van der Waals surface area contributed by atoms with Crippen molar-refractivity contribution in [2.75, 3.05) is 19.8 Å². The maximum absolute atomic E-state index is 11.9. The van der Waals surface area contributed by atoms with Crippen LogP contribution in [0.25, 0.3) is 0 Å². The molecule has 0 fully saturated rings. The maximum Gasteiger partial charge on any atom is 0.252 e. The average molecular weight is 294 g/mol. The lowest BCUT2D eigenvalue weighted by Gasteiger charge is -2.13. The second-order valence-electron chi connectivity index (χ2n) is 5.92. The van der Waals surface area contributed by atoms with Gasteiger partial charge in [-0.25, -0.2) is 0 Å². The zero-order valence-electron chi connectivity index (χ0n) is 13.3. The highest BCUT2D eigenvalue weighted by Gasteiger charge is 2.10. The maximum atomic E-state index is 11.9. The van der Waals surface area contributed by atoms with Crippen LogP contribution >= 0.6 is 0 Å². The van der Waals surface area contributed by atoms with Crippen molar-refractivity contribution < 1.29 is 14.6 Å². The molecule has 0 saturated carbocycles. The van der Waals surface area contributed by atoms with E-state index in [-0.39, 0.29) is 19.1 Å². The van der Waals surface area contributed by atoms with Crippen LogP contribution < -0.4 is 5.32 Å². The second kappa shape index (κ2) is 8.74. The number of hydrogen-bond acceptors (Lipinski definition) is 4. The van der Waals surface area contributed by atoms with E-state index in [0.29, 0.717) is 24.0 Å². The van der Waals surface area contributed by atoms with Crippen molar-refractivity contribution in [2.24, 2.45) is 5.92 Å². The molecule has 1 aromatic heterocycles. The molecule has 0 spiro atoms. The van der Waals surface area contributed by atoms with Gasteiger partial charge in [0.25, 0.3) is 5.91 Å². The van der Waals surface area contributed by atoms with Crippen LogP contribution in [0.5, 0.6) is 0 Å². The highest BCUT2D eigenvalue weighted by molar-refractivity contribution is 5.93. The molecule has 21 heavy (non-hydrogen) atoms. The Morgan fingerprint density at radius 2 is 2.00 bits per heavy atom. The first kappa shape index (κ1) is 17.6. The molecule has 2 N–H and O–H groups in total. The molecule has 5 heteroatoms. The first-order valence-electron chi connectivity index (χ1n) is 7.40. The first-order valence-corrected chi connectivity index (χ1v) is 7.40. The van der Waals surface area contributed by atoms with Gasteiger partial charge in [-0.2, -0.15) is 0 Å². The quantitative estimate of drug-likeness (QED) is 0.769. The van der Waals surface area contributed by atoms with Gasteiger partial charge in [-0.05, 0) is 24.0 Å². The van der Waals surface area contributed by atoms with Gasteiger partial charge in [-0.1, -0.05) is 27.7 Å². The minimum Gasteiger partial charge on any atom is -0.389 e. The SMILES string of the molecule is CC(C)COCC(O)CNC(=O)c1ccc(C(C)C)nc1. The molecule has 5 nitrogen and oxygen atoms in total. The standard InChI is InChI=1S/C16H26N2O3/c1-11(2)9-21-10-14(19)8-18-16(20)13-5-6-15(12(3)4)17-7-13/h5-7,11-12,14,19H,8-10H2,1-4H3,(H,18,20). The smallest absolute Gasteiger partial charge is 0.252 e. The summed E-state index contributed by atoms with van der Waals surface area (Å²) >= 11 is 0. The molecular weight excluding hydrogens is 268 g/mol. The van der Waals surface area contributed by atoms with Crippen LogP contribution in [0.3, 0.4) is 0 Å². The largest absolute Gasteiger partial charge is 0.389 e. The van der Waals surface area contributed by atoms with Crippen molar-refractivity contribution >= 4 is 5.91 Å². The third kappa shape index (κ3) is 6.69. The van der Waals surface area contributed by atoms with E-state index < -0.39 is 6.10 Å². The monoisotopic (exact) mass is 294 g/mol. The molecule has 0 aliphatic heterocycles. The number of nitrogens with zero attached hydrogens (tertiary/aromatic N) is 1. The van der Waals surface area contributed by atoms with Crippen LogP contribution in [0.4, 0.5) is 0 Å². The number of nitrogens with one attached hydrogen (secondary N) is 1. The van der Waals surface area contributed by atoms with Gasteiger partial charge in [0.05, 0.1) is 18.3 Å². The molecular formula is C16H26N2O3. The highest BCUT2D eigenvalue weighted by Crippen LogP contribution is 2.11. The van der Waals surface area contributed by atoms with E-state index in [1.807, 2.05) is 19.9 Å². The molecule has 1 rings (SSSR count). The summed E-state index contributed by atoms with van der Waals surface area (Å²) in [6.45, 7) is 9.19. The molecule has 1 unspecified atom stereocenters. The number of aliphatic hydroxyl groups excluding tert-OH is 1. The van der Waals surface area contributed by atoms with Crippen molar-refractivity contribution in [3.05, 3.63) is 29.6 Å². The summed E-state index contributed by atoms with van der Waals surface area (Å²) in [7, 11) is 0. The first-order chi connectivity index (χ1) is 9.90. The van der Waals surface area contributed by atoms with Crippen LogP contribution in [0.15, 0.2) is 18.3 Å². The second-order valence-corrected chi connectivity index (χ2v) is 5.92. The molecule has 1 heterocycles. The number of ether oxygens (including phenoxy) is 1. The molecule has 0 saturated heterocycles. The summed E-state index contributed by atoms with van der Waals surface area (Å²) in [5.41, 5.74) is 1.45. The Morgan fingerprint density at radius 1 is 1.29 bits per heavy atom. The molecule has 1 aromatic rings. The topological polar surface area (TPSA) is 71.5 Å². The average Bonchev–Trinajstić information content (AvgIpc) is 2.44. The molecule has 0 radical (unpaired) electrons. The van der Waals surface area contributed by atoms with E-state index in [0.717, 1.165) is 5.69 Å². The summed E-state index contributed by atoms with van der Waals surface area (Å²) < 4.78 is 5.32. The van der Waals surface area contributed by atoms with Crippen molar-refractivity contribution in [1.29, 1.82) is 0 Å². The van der Waals surface area contributed by atoms with Gasteiger partial charge in [0, 0.05) is 25.0 Å². The van der Waals surface area contributed by atoms with Crippen molar-refractivity contribution in [3.8, 4) is 0 Å². The molecule has 118 valence electrons. The fraction of sp³-hybridized carbons (Fsp3) is 0.625. The number of hydrogen-bond donors (Lipinski definition) is 2. The lowest BCUT2D eigenvalue weighted by Crippen LogP contribution is -2.34. The van der Waals surface area contributed by atoms with Gasteiger partial charge in [0.15, 0.2) is 0 Å². The number of amides is 1. The molecule has 1 amide bonds. The molecule has 0 aliphatic rings. The summed E-state index contributed by atoms with van der Waals surface area (Å²) in [4.78, 5) is 16.2. The highest BCUT2D eigenvalue weighted by atomic mass is 16.5. The van der Waals surface area contributed by atoms with Gasteiger partial charge in [0.1, 0.15) is 0 Å². The Labute approximate surface area is 126 Å². The van der Waals surface area contributed by atoms with Gasteiger partial charge in [0.2, 0.25) is 0 Å². The lowest BCUT2D eigenvalue weighted by molar-refractivity contribution is 0.0259. The van der Waals surface area contributed by atoms with E-state index >= 15 is 0 Å². The Morgan fingerprint density at radius 3 is 2.52 bits per heavy atom. The van der Waals surface area contributed by atoms with Gasteiger partial charge >= 0.3 is 0 Å². The lowest BCUT2D eigenvalue weighted by atomic mass is 10.1. The van der Waals surface area contributed by atoms with E-state index in [1.54, 1.807) is 12.3 Å². The minimum atomic E-state index is -0.699. The fourth-order valence-electron chi connectivity index (χ4n) is 1.69. The third-order valence-electron chi connectivity index (χ3n) is 2.90. The van der Waals surface area contributed by atoms with E-state index in [9.17, 15) is 9.90 Å². The van der Waals surface area contributed by atoms with Crippen LogP contribution in [-0.4, -0.2) is 41.9 Å². The Hall–Kier alpha value is -1.46. The zero-order chi connectivity index (χ0) is 15.8. The zero-order valence-corrected chi connectivity index (χ0v) is 13.3. The number of aromatic nitrogens is 1. The number of carbonyl (C=O) groups excluding carboxylic acids is 1. The fourth-order valence-corrected chi connectivity index (χ4v) is 1.69. The summed E-state index contributed by atoms with van der Waals surface area (Å²) in [5.74, 6) is 0.528. The van der Waals surface area contributed by atoms with E-state index in [1.165, 1.54) is 0 Å². The summed E-state index contributed by atoms with van der Waals surface area (Å²) in [6.07, 6.45) is 0.863. The van der Waals surface area contributed by atoms with Crippen LogP contribution in [0.1, 0.15) is 49.7 Å². The van der Waals surface area contributed by atoms with E-state index in [4.69, 9.17) is 4.74 Å². The third-order valence-corrected chi connectivity index (χ3v) is 2.90. The van der Waals surface area contributed by atoms with E-state index in [2.05, 4.69) is 24.1 Å². The summed E-state index contributed by atoms with van der Waals surface area (Å²) in [6, 6.07) is 3.60. The molecule has 1 atom stereocenters. The molecule has 0 bridgehead atoms. The molecule has 0 aromatic carbocycles. The Kier molecular flexibility index (Phi) is 7.32. The van der Waals surface area contributed by atoms with Crippen LogP contribution in [0.2, 0.25) is 0 Å². The summed E-state index contributed by atoms with van der Waals surface area (Å²) in [5, 5.41) is 12.4. The number of aliphatic hydroxyl groups is 1. The van der Waals surface area contributed by atoms with Crippen molar-refractivity contribution in [1.82, 2.24) is 10.3 Å². The Balaban J connectivity index is 2.36. The van der Waals surface area contributed by atoms with Crippen LogP contribution in [0, 0.1) is 5.92 Å². The normalized spacial score (nSPS) is 12.7. The van der Waals surface area contributed by atoms with Crippen molar-refractivity contribution in [3.63, 3.8) is 0 Å².